The van der Waals surface area contributed by atoms with E-state index < -0.39 is 0 Å². The van der Waals surface area contributed by atoms with Crippen LogP contribution in [0.2, 0.25) is 0 Å². The topological polar surface area (TPSA) is 88.3 Å². The Morgan fingerprint density at radius 1 is 1.16 bits per heavy atom. The third kappa shape index (κ3) is 5.52. The second-order valence-electron chi connectivity index (χ2n) is 7.63. The summed E-state index contributed by atoms with van der Waals surface area (Å²) >= 11 is 1.49. The van der Waals surface area contributed by atoms with Crippen LogP contribution in [0.5, 0.6) is 0 Å². The molecule has 0 atom stereocenters. The van der Waals surface area contributed by atoms with Crippen LogP contribution in [0.15, 0.2) is 57.9 Å². The zero-order valence-electron chi connectivity index (χ0n) is 17.5. The molecular formula is C23H24N4O3S. The lowest BCUT2D eigenvalue weighted by molar-refractivity contribution is 0.0781. The van der Waals surface area contributed by atoms with Gasteiger partial charge in [-0.05, 0) is 49.6 Å². The monoisotopic (exact) mass is 436 g/mol. The average molecular weight is 437 g/mol. The Morgan fingerprint density at radius 3 is 2.58 bits per heavy atom. The van der Waals surface area contributed by atoms with E-state index in [0.717, 1.165) is 23.3 Å². The Bertz CT molecular complexity index is 1080. The number of aryl methyl sites for hydroxylation is 1. The first-order chi connectivity index (χ1) is 15.0. The number of aromatic nitrogens is 2. The first-order valence-corrected chi connectivity index (χ1v) is 11.1. The van der Waals surface area contributed by atoms with Gasteiger partial charge in [-0.15, -0.1) is 11.8 Å². The SMILES string of the molecule is Cc1noc(CSc2ccccc2C(=O)N(C)Cc2ccc(C(=O)NC3CC3)cc2)n1. The zero-order valence-corrected chi connectivity index (χ0v) is 18.3. The summed E-state index contributed by atoms with van der Waals surface area (Å²) in [6.07, 6.45) is 2.12. The van der Waals surface area contributed by atoms with Crippen LogP contribution in [0.4, 0.5) is 0 Å². The van der Waals surface area contributed by atoms with Gasteiger partial charge in [0, 0.05) is 30.1 Å². The lowest BCUT2D eigenvalue weighted by atomic mass is 10.1. The van der Waals surface area contributed by atoms with Gasteiger partial charge in [0.05, 0.1) is 11.3 Å². The molecule has 0 bridgehead atoms. The van der Waals surface area contributed by atoms with Crippen LogP contribution in [-0.4, -0.2) is 39.9 Å². The Labute approximate surface area is 185 Å². The number of benzene rings is 2. The third-order valence-electron chi connectivity index (χ3n) is 4.93. The standard InChI is InChI=1S/C23H24N4O3S/c1-15-24-21(30-26-15)14-31-20-6-4-3-5-19(20)23(29)27(2)13-16-7-9-17(10-8-16)22(28)25-18-11-12-18/h3-10,18H,11-14H2,1-2H3,(H,25,28). The second kappa shape index (κ2) is 9.34. The van der Waals surface area contributed by atoms with Gasteiger partial charge in [-0.2, -0.15) is 4.98 Å². The zero-order chi connectivity index (χ0) is 21.8. The summed E-state index contributed by atoms with van der Waals surface area (Å²) in [5.74, 6) is 1.51. The van der Waals surface area contributed by atoms with Gasteiger partial charge < -0.3 is 14.7 Å². The van der Waals surface area contributed by atoms with E-state index in [0.29, 0.717) is 41.2 Å². The van der Waals surface area contributed by atoms with Crippen molar-refractivity contribution >= 4 is 23.6 Å². The molecule has 4 rings (SSSR count). The highest BCUT2D eigenvalue weighted by Crippen LogP contribution is 2.27. The summed E-state index contributed by atoms with van der Waals surface area (Å²) in [6.45, 7) is 2.22. The van der Waals surface area contributed by atoms with Crippen LogP contribution < -0.4 is 5.32 Å². The van der Waals surface area contributed by atoms with Crippen LogP contribution in [0.25, 0.3) is 0 Å². The fourth-order valence-electron chi connectivity index (χ4n) is 3.12. The van der Waals surface area contributed by atoms with E-state index in [9.17, 15) is 9.59 Å². The molecule has 1 N–H and O–H groups in total. The molecule has 0 spiro atoms. The van der Waals surface area contributed by atoms with Crippen molar-refractivity contribution < 1.29 is 14.1 Å². The molecule has 1 fully saturated rings. The number of hydrogen-bond acceptors (Lipinski definition) is 6. The number of nitrogens with one attached hydrogen (secondary N) is 1. The number of thioether (sulfide) groups is 1. The van der Waals surface area contributed by atoms with Crippen molar-refractivity contribution in [2.24, 2.45) is 0 Å². The highest BCUT2D eigenvalue weighted by atomic mass is 32.2. The summed E-state index contributed by atoms with van der Waals surface area (Å²) in [5.41, 5.74) is 2.24. The highest BCUT2D eigenvalue weighted by Gasteiger charge is 2.23. The molecule has 1 aliphatic rings. The first kappa shape index (κ1) is 21.1. The van der Waals surface area contributed by atoms with Crippen molar-refractivity contribution in [1.29, 1.82) is 0 Å². The van der Waals surface area contributed by atoms with E-state index in [1.54, 1.807) is 18.9 Å². The smallest absolute Gasteiger partial charge is 0.255 e. The predicted molar refractivity (Wildman–Crippen MR) is 118 cm³/mol. The maximum absolute atomic E-state index is 13.1. The van der Waals surface area contributed by atoms with Gasteiger partial charge in [0.2, 0.25) is 5.89 Å². The average Bonchev–Trinajstić information content (AvgIpc) is 3.50. The van der Waals surface area contributed by atoms with Crippen molar-refractivity contribution in [3.05, 3.63) is 76.9 Å². The number of carbonyl (C=O) groups is 2. The molecule has 1 heterocycles. The molecule has 0 aliphatic heterocycles. The van der Waals surface area contributed by atoms with Crippen LogP contribution in [0.3, 0.4) is 0 Å². The van der Waals surface area contributed by atoms with Gasteiger partial charge >= 0.3 is 0 Å². The largest absolute Gasteiger partial charge is 0.349 e. The number of nitrogens with zero attached hydrogens (tertiary/aromatic N) is 3. The molecule has 1 aliphatic carbocycles. The highest BCUT2D eigenvalue weighted by molar-refractivity contribution is 7.98. The minimum atomic E-state index is -0.0691. The molecule has 0 unspecified atom stereocenters. The number of rotatable bonds is 8. The van der Waals surface area contributed by atoms with E-state index in [2.05, 4.69) is 15.5 Å². The van der Waals surface area contributed by atoms with Crippen molar-refractivity contribution in [2.45, 2.75) is 43.0 Å². The summed E-state index contributed by atoms with van der Waals surface area (Å²) < 4.78 is 5.16. The summed E-state index contributed by atoms with van der Waals surface area (Å²) in [6, 6.07) is 15.2. The lowest BCUT2D eigenvalue weighted by Gasteiger charge is -2.19. The summed E-state index contributed by atoms with van der Waals surface area (Å²) in [4.78, 5) is 32.0. The molecule has 2 aromatic carbocycles. The van der Waals surface area contributed by atoms with E-state index in [1.165, 1.54) is 11.8 Å². The molecule has 8 heteroatoms. The summed E-state index contributed by atoms with van der Waals surface area (Å²) in [5, 5.41) is 6.78. The fraction of sp³-hybridized carbons (Fsp3) is 0.304. The number of hydrogen-bond donors (Lipinski definition) is 1. The quantitative estimate of drug-likeness (QED) is 0.540. The molecule has 7 nitrogen and oxygen atoms in total. The third-order valence-corrected chi connectivity index (χ3v) is 5.99. The van der Waals surface area contributed by atoms with E-state index >= 15 is 0 Å². The normalized spacial score (nSPS) is 13.1. The van der Waals surface area contributed by atoms with Gasteiger partial charge in [-0.3, -0.25) is 9.59 Å². The summed E-state index contributed by atoms with van der Waals surface area (Å²) in [7, 11) is 1.78. The van der Waals surface area contributed by atoms with E-state index in [1.807, 2.05) is 48.5 Å². The van der Waals surface area contributed by atoms with Crippen molar-refractivity contribution in [1.82, 2.24) is 20.4 Å². The lowest BCUT2D eigenvalue weighted by Crippen LogP contribution is -2.27. The van der Waals surface area contributed by atoms with Crippen LogP contribution >= 0.6 is 11.8 Å². The molecule has 0 radical (unpaired) electrons. The molecule has 1 saturated carbocycles. The van der Waals surface area contributed by atoms with Gasteiger partial charge in [-0.25, -0.2) is 0 Å². The Kier molecular flexibility index (Phi) is 6.36. The van der Waals surface area contributed by atoms with Crippen LogP contribution in [-0.2, 0) is 12.3 Å². The number of carbonyl (C=O) groups excluding carboxylic acids is 2. The predicted octanol–water partition coefficient (Wildman–Crippen LogP) is 3.83. The number of amides is 2. The Balaban J connectivity index is 1.39. The molecule has 0 saturated heterocycles. The van der Waals surface area contributed by atoms with Gasteiger partial charge in [0.15, 0.2) is 5.82 Å². The fourth-order valence-corrected chi connectivity index (χ4v) is 4.00. The maximum atomic E-state index is 13.1. The van der Waals surface area contributed by atoms with Crippen molar-refractivity contribution in [2.75, 3.05) is 7.05 Å². The molecule has 31 heavy (non-hydrogen) atoms. The maximum Gasteiger partial charge on any atom is 0.255 e. The second-order valence-corrected chi connectivity index (χ2v) is 8.64. The van der Waals surface area contributed by atoms with Gasteiger partial charge in [0.25, 0.3) is 11.8 Å². The van der Waals surface area contributed by atoms with Crippen LogP contribution in [0, 0.1) is 6.92 Å². The van der Waals surface area contributed by atoms with Gasteiger partial charge in [0.1, 0.15) is 0 Å². The van der Waals surface area contributed by atoms with E-state index in [-0.39, 0.29) is 11.8 Å². The molecule has 2 amide bonds. The Hall–Kier alpha value is -3.13. The van der Waals surface area contributed by atoms with E-state index in [4.69, 9.17) is 4.52 Å². The van der Waals surface area contributed by atoms with Gasteiger partial charge in [-0.1, -0.05) is 29.4 Å². The minimum Gasteiger partial charge on any atom is -0.349 e. The Morgan fingerprint density at radius 2 is 1.90 bits per heavy atom. The van der Waals surface area contributed by atoms with Crippen LogP contribution in [0.1, 0.15) is 50.8 Å². The minimum absolute atomic E-state index is 0.0409. The van der Waals surface area contributed by atoms with Crippen molar-refractivity contribution in [3.63, 3.8) is 0 Å². The molecule has 1 aromatic heterocycles. The van der Waals surface area contributed by atoms with Crippen molar-refractivity contribution in [3.8, 4) is 0 Å². The molecule has 160 valence electrons. The first-order valence-electron chi connectivity index (χ1n) is 10.2. The molecule has 3 aromatic rings. The molecular weight excluding hydrogens is 412 g/mol.